The van der Waals surface area contributed by atoms with Gasteiger partial charge in [0.1, 0.15) is 0 Å². The molecule has 0 spiro atoms. The Balaban J connectivity index is 0.000000806. The van der Waals surface area contributed by atoms with Crippen molar-refractivity contribution < 1.29 is 27.6 Å². The van der Waals surface area contributed by atoms with E-state index in [9.17, 15) is 13.2 Å². The van der Waals surface area contributed by atoms with E-state index in [2.05, 4.69) is 31.8 Å². The topological polar surface area (TPSA) is 91.5 Å². The Labute approximate surface area is 172 Å². The first-order valence-electron chi connectivity index (χ1n) is 9.88. The second-order valence-electron chi connectivity index (χ2n) is 7.82. The summed E-state index contributed by atoms with van der Waals surface area (Å²) in [6.07, 6.45) is -0.502. The molecule has 1 aromatic carbocycles. The van der Waals surface area contributed by atoms with Gasteiger partial charge in [0, 0.05) is 36.9 Å². The normalized spacial score (nSPS) is 22.1. The van der Waals surface area contributed by atoms with Crippen LogP contribution in [-0.4, -0.2) is 52.3 Å². The molecule has 2 fully saturated rings. The number of halogens is 3. The fourth-order valence-electron chi connectivity index (χ4n) is 4.37. The van der Waals surface area contributed by atoms with Crippen molar-refractivity contribution in [2.24, 2.45) is 11.8 Å². The maximum atomic E-state index is 12.6. The Hall–Kier alpha value is -2.62. The van der Waals surface area contributed by atoms with E-state index >= 15 is 0 Å². The minimum absolute atomic E-state index is 0.0643. The lowest BCUT2D eigenvalue weighted by Gasteiger charge is -2.23. The van der Waals surface area contributed by atoms with Crippen LogP contribution in [0.2, 0.25) is 0 Å². The summed E-state index contributed by atoms with van der Waals surface area (Å²) in [5, 5.41) is 13.8. The highest BCUT2D eigenvalue weighted by Gasteiger charge is 2.38. The Kier molecular flexibility index (Phi) is 6.96. The molecule has 3 atom stereocenters. The van der Waals surface area contributed by atoms with Crippen LogP contribution >= 0.6 is 0 Å². The van der Waals surface area contributed by atoms with Gasteiger partial charge in [0.2, 0.25) is 5.82 Å². The van der Waals surface area contributed by atoms with E-state index in [-0.39, 0.29) is 18.3 Å². The smallest absolute Gasteiger partial charge is 0.471 e. The van der Waals surface area contributed by atoms with Gasteiger partial charge in [0.25, 0.3) is 6.47 Å². The number of hydrogen-bond acceptors (Lipinski definition) is 6. The molecule has 1 saturated carbocycles. The predicted octanol–water partition coefficient (Wildman–Crippen LogP) is 3.99. The number of carboxylic acid groups (broad SMARTS) is 1. The third-order valence-electron chi connectivity index (χ3n) is 5.56. The average molecular weight is 426 g/mol. The molecule has 1 aromatic heterocycles. The SMILES string of the molecule is C[C@H](CN1CC2CCCC2C1)Nc1ccc(-c2noc(C(F)(F)F)n2)cc1.O=CO. The van der Waals surface area contributed by atoms with E-state index in [4.69, 9.17) is 9.90 Å². The molecular formula is C20H25F3N4O3. The van der Waals surface area contributed by atoms with Gasteiger partial charge >= 0.3 is 12.1 Å². The molecule has 2 N–H and O–H groups in total. The van der Waals surface area contributed by atoms with Crippen LogP contribution < -0.4 is 5.32 Å². The van der Waals surface area contributed by atoms with Crippen LogP contribution in [0.3, 0.4) is 0 Å². The zero-order valence-electron chi connectivity index (χ0n) is 16.6. The first-order valence-corrected chi connectivity index (χ1v) is 9.88. The number of aromatic nitrogens is 2. The van der Waals surface area contributed by atoms with Gasteiger partial charge < -0.3 is 19.8 Å². The number of rotatable bonds is 5. The Morgan fingerprint density at radius 1 is 1.27 bits per heavy atom. The molecule has 1 aliphatic heterocycles. The van der Waals surface area contributed by atoms with Crippen LogP contribution in [0.1, 0.15) is 32.1 Å². The highest BCUT2D eigenvalue weighted by atomic mass is 19.4. The zero-order valence-corrected chi connectivity index (χ0v) is 16.6. The maximum Gasteiger partial charge on any atom is 0.471 e. The number of hydrogen-bond donors (Lipinski definition) is 2. The fourth-order valence-corrected chi connectivity index (χ4v) is 4.37. The van der Waals surface area contributed by atoms with E-state index in [0.717, 1.165) is 24.1 Å². The Morgan fingerprint density at radius 2 is 1.87 bits per heavy atom. The van der Waals surface area contributed by atoms with Crippen LogP contribution in [0, 0.1) is 11.8 Å². The molecular weight excluding hydrogens is 401 g/mol. The van der Waals surface area contributed by atoms with Crippen LogP contribution in [0.5, 0.6) is 0 Å². The minimum atomic E-state index is -4.63. The zero-order chi connectivity index (χ0) is 21.7. The Morgan fingerprint density at radius 3 is 2.40 bits per heavy atom. The molecule has 4 rings (SSSR count). The molecule has 2 aromatic rings. The molecule has 2 heterocycles. The molecule has 10 heteroatoms. The molecule has 1 aliphatic carbocycles. The monoisotopic (exact) mass is 426 g/mol. The Bertz CT molecular complexity index is 813. The molecule has 0 bridgehead atoms. The first kappa shape index (κ1) is 22.1. The van der Waals surface area contributed by atoms with Crippen molar-refractivity contribution in [2.75, 3.05) is 25.0 Å². The summed E-state index contributed by atoms with van der Waals surface area (Å²) in [6, 6.07) is 7.33. The van der Waals surface area contributed by atoms with Crippen molar-refractivity contribution in [2.45, 2.75) is 38.4 Å². The van der Waals surface area contributed by atoms with Crippen molar-refractivity contribution in [1.82, 2.24) is 15.0 Å². The summed E-state index contributed by atoms with van der Waals surface area (Å²) in [6.45, 7) is 5.30. The van der Waals surface area contributed by atoms with Crippen molar-refractivity contribution >= 4 is 12.2 Å². The van der Waals surface area contributed by atoms with Gasteiger partial charge in [-0.1, -0.05) is 11.6 Å². The summed E-state index contributed by atoms with van der Waals surface area (Å²) in [7, 11) is 0. The summed E-state index contributed by atoms with van der Waals surface area (Å²) in [5.74, 6) is 0.371. The second kappa shape index (κ2) is 9.46. The van der Waals surface area contributed by atoms with Gasteiger partial charge in [-0.15, -0.1) is 0 Å². The van der Waals surface area contributed by atoms with Gasteiger partial charge in [0.05, 0.1) is 0 Å². The van der Waals surface area contributed by atoms with Gasteiger partial charge in [-0.25, -0.2) is 0 Å². The van der Waals surface area contributed by atoms with Crippen molar-refractivity contribution in [1.29, 1.82) is 0 Å². The maximum absolute atomic E-state index is 12.6. The van der Waals surface area contributed by atoms with Crippen LogP contribution in [-0.2, 0) is 11.0 Å². The lowest BCUT2D eigenvalue weighted by molar-refractivity contribution is -0.159. The van der Waals surface area contributed by atoms with Crippen molar-refractivity contribution in [3.05, 3.63) is 30.2 Å². The number of benzene rings is 1. The largest absolute Gasteiger partial charge is 0.483 e. The molecule has 2 unspecified atom stereocenters. The number of carbonyl (C=O) groups is 1. The summed E-state index contributed by atoms with van der Waals surface area (Å²) < 4.78 is 41.9. The third-order valence-corrected chi connectivity index (χ3v) is 5.56. The van der Waals surface area contributed by atoms with E-state index in [1.54, 1.807) is 12.1 Å². The van der Waals surface area contributed by atoms with Crippen LogP contribution in [0.15, 0.2) is 28.8 Å². The van der Waals surface area contributed by atoms with E-state index in [1.165, 1.54) is 32.4 Å². The van der Waals surface area contributed by atoms with Gasteiger partial charge in [-0.05, 0) is 55.9 Å². The second-order valence-corrected chi connectivity index (χ2v) is 7.82. The van der Waals surface area contributed by atoms with E-state index < -0.39 is 12.1 Å². The first-order chi connectivity index (χ1) is 14.3. The number of nitrogens with one attached hydrogen (secondary N) is 1. The summed E-state index contributed by atoms with van der Waals surface area (Å²) in [4.78, 5) is 14.3. The van der Waals surface area contributed by atoms with Crippen molar-refractivity contribution in [3.63, 3.8) is 0 Å². The highest BCUT2D eigenvalue weighted by Crippen LogP contribution is 2.37. The van der Waals surface area contributed by atoms with E-state index in [0.29, 0.717) is 5.56 Å². The van der Waals surface area contributed by atoms with Gasteiger partial charge in [-0.3, -0.25) is 4.79 Å². The molecule has 1 saturated heterocycles. The number of likely N-dealkylation sites (tertiary alicyclic amines) is 1. The molecule has 7 nitrogen and oxygen atoms in total. The summed E-state index contributed by atoms with van der Waals surface area (Å²) >= 11 is 0. The molecule has 30 heavy (non-hydrogen) atoms. The predicted molar refractivity (Wildman–Crippen MR) is 104 cm³/mol. The number of alkyl halides is 3. The highest BCUT2D eigenvalue weighted by molar-refractivity contribution is 5.59. The fraction of sp³-hybridized carbons (Fsp3) is 0.550. The van der Waals surface area contributed by atoms with E-state index in [1.807, 2.05) is 12.1 Å². The lowest BCUT2D eigenvalue weighted by Crippen LogP contribution is -2.34. The quantitative estimate of drug-likeness (QED) is 0.699. The lowest BCUT2D eigenvalue weighted by atomic mass is 10.0. The number of anilines is 1. The number of nitrogens with zero attached hydrogens (tertiary/aromatic N) is 3. The average Bonchev–Trinajstić information content (AvgIpc) is 3.38. The third kappa shape index (κ3) is 5.50. The van der Waals surface area contributed by atoms with Crippen molar-refractivity contribution in [3.8, 4) is 11.4 Å². The van der Waals surface area contributed by atoms with Gasteiger partial charge in [0.15, 0.2) is 0 Å². The molecule has 164 valence electrons. The molecule has 0 amide bonds. The standard InChI is InChI=1S/C19H23F3N4O.CH2O2/c1-12(9-26-10-14-3-2-4-15(14)11-26)23-16-7-5-13(6-8-16)17-24-18(27-25-17)19(20,21)22;2-1-3/h5-8,12,14-15,23H,2-4,9-11H2,1H3;1H,(H,2,3)/t12-,14?,15?;/m1./s1. The number of fused-ring (bicyclic) bond motifs is 1. The minimum Gasteiger partial charge on any atom is -0.483 e. The molecule has 0 radical (unpaired) electrons. The summed E-state index contributed by atoms with van der Waals surface area (Å²) in [5.41, 5.74) is 1.41. The van der Waals surface area contributed by atoms with Crippen LogP contribution in [0.25, 0.3) is 11.4 Å². The van der Waals surface area contributed by atoms with Gasteiger partial charge in [-0.2, -0.15) is 18.2 Å². The van der Waals surface area contributed by atoms with Crippen LogP contribution in [0.4, 0.5) is 18.9 Å². The molecule has 2 aliphatic rings.